The first-order valence-corrected chi connectivity index (χ1v) is 5.76. The average Bonchev–Trinajstić information content (AvgIpc) is 2.29. The smallest absolute Gasteiger partial charge is 0.106 e. The number of nitrogens with two attached hydrogens (primary N) is 1. The predicted molar refractivity (Wildman–Crippen MR) is 71.1 cm³/mol. The number of halogens is 1. The van der Waals surface area contributed by atoms with Crippen LogP contribution >= 0.6 is 11.6 Å². The van der Waals surface area contributed by atoms with Gasteiger partial charge in [0.2, 0.25) is 0 Å². The number of anilines is 1. The fraction of sp³-hybridized carbons (Fsp3) is 0.143. The van der Waals surface area contributed by atoms with E-state index in [2.05, 4.69) is 0 Å². The van der Waals surface area contributed by atoms with Gasteiger partial charge in [-0.3, -0.25) is 0 Å². The molecule has 0 radical (unpaired) electrons. The van der Waals surface area contributed by atoms with Gasteiger partial charge >= 0.3 is 0 Å². The summed E-state index contributed by atoms with van der Waals surface area (Å²) in [5, 5.41) is 10.9. The summed E-state index contributed by atoms with van der Waals surface area (Å²) in [6.07, 6.45) is -0.714. The number of rotatable bonds is 2. The van der Waals surface area contributed by atoms with Crippen LogP contribution in [0.4, 0.5) is 5.69 Å². The Labute approximate surface area is 106 Å². The number of aliphatic hydroxyl groups is 1. The molecule has 0 bridgehead atoms. The maximum atomic E-state index is 10.3. The first-order valence-electron chi connectivity index (χ1n) is 5.38. The first kappa shape index (κ1) is 12.0. The molecule has 2 nitrogen and oxygen atoms in total. The second kappa shape index (κ2) is 4.78. The number of aryl methyl sites for hydroxylation is 1. The molecule has 3 heteroatoms. The van der Waals surface area contributed by atoms with Crippen molar-refractivity contribution in [1.29, 1.82) is 0 Å². The lowest BCUT2D eigenvalue weighted by Crippen LogP contribution is -2.05. The van der Waals surface area contributed by atoms with Gasteiger partial charge in [0.15, 0.2) is 0 Å². The summed E-state index contributed by atoms with van der Waals surface area (Å²) in [7, 11) is 0. The Morgan fingerprint density at radius 3 is 2.47 bits per heavy atom. The number of hydrogen-bond donors (Lipinski definition) is 2. The molecule has 0 aliphatic rings. The molecule has 2 aromatic carbocycles. The van der Waals surface area contributed by atoms with E-state index in [0.717, 1.165) is 11.1 Å². The Morgan fingerprint density at radius 1 is 1.12 bits per heavy atom. The normalized spacial score (nSPS) is 12.4. The lowest BCUT2D eigenvalue weighted by molar-refractivity contribution is 0.220. The Hall–Kier alpha value is -1.51. The highest BCUT2D eigenvalue weighted by molar-refractivity contribution is 6.30. The summed E-state index contributed by atoms with van der Waals surface area (Å²) in [5.74, 6) is 0. The summed E-state index contributed by atoms with van der Waals surface area (Å²) in [6.45, 7) is 1.96. The zero-order valence-corrected chi connectivity index (χ0v) is 10.3. The van der Waals surface area contributed by atoms with Crippen LogP contribution in [0.5, 0.6) is 0 Å². The number of benzene rings is 2. The lowest BCUT2D eigenvalue weighted by Gasteiger charge is -2.16. The second-order valence-corrected chi connectivity index (χ2v) is 4.47. The quantitative estimate of drug-likeness (QED) is 0.800. The van der Waals surface area contributed by atoms with Crippen molar-refractivity contribution >= 4 is 17.3 Å². The zero-order valence-electron chi connectivity index (χ0n) is 9.52. The molecule has 0 amide bonds. The van der Waals surface area contributed by atoms with Crippen molar-refractivity contribution in [3.8, 4) is 0 Å². The maximum absolute atomic E-state index is 10.3. The van der Waals surface area contributed by atoms with E-state index in [1.807, 2.05) is 31.2 Å². The average molecular weight is 248 g/mol. The van der Waals surface area contributed by atoms with Gasteiger partial charge in [-0.25, -0.2) is 0 Å². The van der Waals surface area contributed by atoms with Crippen LogP contribution in [0.2, 0.25) is 5.02 Å². The van der Waals surface area contributed by atoms with Gasteiger partial charge in [-0.1, -0.05) is 41.9 Å². The third-order valence-electron chi connectivity index (χ3n) is 2.83. The molecule has 0 fully saturated rings. The summed E-state index contributed by atoms with van der Waals surface area (Å²) >= 11 is 5.84. The van der Waals surface area contributed by atoms with Crippen LogP contribution in [0, 0.1) is 6.92 Å². The van der Waals surface area contributed by atoms with Crippen LogP contribution in [-0.2, 0) is 0 Å². The molecule has 2 rings (SSSR count). The van der Waals surface area contributed by atoms with E-state index >= 15 is 0 Å². The van der Waals surface area contributed by atoms with Crippen molar-refractivity contribution in [2.45, 2.75) is 13.0 Å². The monoisotopic (exact) mass is 247 g/mol. The van der Waals surface area contributed by atoms with Gasteiger partial charge in [0.25, 0.3) is 0 Å². The van der Waals surface area contributed by atoms with Gasteiger partial charge in [0.05, 0.1) is 0 Å². The van der Waals surface area contributed by atoms with Crippen molar-refractivity contribution in [3.05, 3.63) is 64.2 Å². The standard InChI is InChI=1S/C14H14ClNO/c1-9-4-2-3-5-11(9)14(17)12-7-6-10(15)8-13(12)16/h2-8,14,17H,16H2,1H3. The molecular formula is C14H14ClNO. The lowest BCUT2D eigenvalue weighted by atomic mass is 9.96. The van der Waals surface area contributed by atoms with Gasteiger partial charge < -0.3 is 10.8 Å². The van der Waals surface area contributed by atoms with E-state index in [4.69, 9.17) is 17.3 Å². The molecule has 2 aromatic rings. The van der Waals surface area contributed by atoms with Gasteiger partial charge in [-0.2, -0.15) is 0 Å². The molecule has 0 aliphatic heterocycles. The third-order valence-corrected chi connectivity index (χ3v) is 3.06. The molecule has 1 atom stereocenters. The maximum Gasteiger partial charge on any atom is 0.106 e. The summed E-state index contributed by atoms with van der Waals surface area (Å²) in [6, 6.07) is 12.8. The predicted octanol–water partition coefficient (Wildman–Crippen LogP) is 3.31. The van der Waals surface area contributed by atoms with Gasteiger partial charge in [0, 0.05) is 16.3 Å². The largest absolute Gasteiger partial charge is 0.398 e. The van der Waals surface area contributed by atoms with Crippen LogP contribution in [0.3, 0.4) is 0 Å². The van der Waals surface area contributed by atoms with Gasteiger partial charge in [-0.05, 0) is 30.2 Å². The zero-order chi connectivity index (χ0) is 12.4. The molecular weight excluding hydrogens is 234 g/mol. The Balaban J connectivity index is 2.44. The fourth-order valence-corrected chi connectivity index (χ4v) is 2.04. The summed E-state index contributed by atoms with van der Waals surface area (Å²) in [5.41, 5.74) is 8.96. The van der Waals surface area contributed by atoms with E-state index in [9.17, 15) is 5.11 Å². The molecule has 17 heavy (non-hydrogen) atoms. The molecule has 1 unspecified atom stereocenters. The Bertz CT molecular complexity index is 539. The van der Waals surface area contributed by atoms with Crippen LogP contribution in [0.15, 0.2) is 42.5 Å². The van der Waals surface area contributed by atoms with E-state index in [0.29, 0.717) is 16.3 Å². The minimum Gasteiger partial charge on any atom is -0.398 e. The van der Waals surface area contributed by atoms with Crippen molar-refractivity contribution in [2.75, 3.05) is 5.73 Å². The van der Waals surface area contributed by atoms with Crippen molar-refractivity contribution in [1.82, 2.24) is 0 Å². The van der Waals surface area contributed by atoms with Crippen LogP contribution in [0.25, 0.3) is 0 Å². The highest BCUT2D eigenvalue weighted by atomic mass is 35.5. The molecule has 3 N–H and O–H groups in total. The first-order chi connectivity index (χ1) is 8.09. The minimum absolute atomic E-state index is 0.508. The van der Waals surface area contributed by atoms with E-state index in [1.54, 1.807) is 18.2 Å². The Morgan fingerprint density at radius 2 is 1.82 bits per heavy atom. The summed E-state index contributed by atoms with van der Waals surface area (Å²) < 4.78 is 0. The third kappa shape index (κ3) is 2.43. The van der Waals surface area contributed by atoms with Crippen LogP contribution in [-0.4, -0.2) is 5.11 Å². The fourth-order valence-electron chi connectivity index (χ4n) is 1.86. The SMILES string of the molecule is Cc1ccccc1C(O)c1ccc(Cl)cc1N. The number of aliphatic hydroxyl groups excluding tert-OH is 1. The molecule has 0 aliphatic carbocycles. The number of nitrogen functional groups attached to an aromatic ring is 1. The summed E-state index contributed by atoms with van der Waals surface area (Å²) in [4.78, 5) is 0. The van der Waals surface area contributed by atoms with Gasteiger partial charge in [0.1, 0.15) is 6.10 Å². The van der Waals surface area contributed by atoms with Gasteiger partial charge in [-0.15, -0.1) is 0 Å². The number of hydrogen-bond acceptors (Lipinski definition) is 2. The van der Waals surface area contributed by atoms with E-state index < -0.39 is 6.10 Å². The minimum atomic E-state index is -0.714. The second-order valence-electron chi connectivity index (χ2n) is 4.03. The molecule has 0 saturated heterocycles. The molecule has 0 spiro atoms. The molecule has 88 valence electrons. The molecule has 0 aromatic heterocycles. The van der Waals surface area contributed by atoms with Crippen molar-refractivity contribution < 1.29 is 5.11 Å². The highest BCUT2D eigenvalue weighted by Gasteiger charge is 2.15. The van der Waals surface area contributed by atoms with E-state index in [-0.39, 0.29) is 0 Å². The molecule has 0 heterocycles. The van der Waals surface area contributed by atoms with Crippen LogP contribution < -0.4 is 5.73 Å². The van der Waals surface area contributed by atoms with Crippen molar-refractivity contribution in [3.63, 3.8) is 0 Å². The molecule has 0 saturated carbocycles. The van der Waals surface area contributed by atoms with E-state index in [1.165, 1.54) is 0 Å². The topological polar surface area (TPSA) is 46.2 Å². The van der Waals surface area contributed by atoms with Crippen molar-refractivity contribution in [2.24, 2.45) is 0 Å². The highest BCUT2D eigenvalue weighted by Crippen LogP contribution is 2.30. The Kier molecular flexibility index (Phi) is 3.36. The van der Waals surface area contributed by atoms with Crippen LogP contribution in [0.1, 0.15) is 22.8 Å².